The van der Waals surface area contributed by atoms with Crippen molar-refractivity contribution >= 4 is 22.9 Å². The maximum Gasteiger partial charge on any atom is 0.0932 e. The van der Waals surface area contributed by atoms with Gasteiger partial charge in [0.2, 0.25) is 0 Å². The summed E-state index contributed by atoms with van der Waals surface area (Å²) in [6.07, 6.45) is 0.883. The molecule has 0 aliphatic carbocycles. The topological polar surface area (TPSA) is 63.8 Å². The minimum atomic E-state index is 0.0231. The molecule has 0 aliphatic rings. The molecule has 0 radical (unpaired) electrons. The Hall–Kier alpha value is -0.820. The highest BCUT2D eigenvalue weighted by molar-refractivity contribution is 7.10. The van der Waals surface area contributed by atoms with E-state index in [0.29, 0.717) is 0 Å². The molecule has 1 unspecified atom stereocenters. The van der Waals surface area contributed by atoms with Crippen molar-refractivity contribution in [1.82, 2.24) is 15.0 Å². The van der Waals surface area contributed by atoms with Crippen LogP contribution >= 0.6 is 22.9 Å². The van der Waals surface area contributed by atoms with Gasteiger partial charge in [0.1, 0.15) is 0 Å². The molecule has 3 N–H and O–H groups in total. The predicted molar refractivity (Wildman–Crippen MR) is 67.5 cm³/mol. The summed E-state index contributed by atoms with van der Waals surface area (Å²) in [5, 5.41) is 6.20. The lowest BCUT2D eigenvalue weighted by atomic mass is 10.1. The fourth-order valence-corrected chi connectivity index (χ4v) is 3.51. The second-order valence-electron chi connectivity index (χ2n) is 3.50. The highest BCUT2D eigenvalue weighted by Crippen LogP contribution is 2.32. The van der Waals surface area contributed by atoms with Gasteiger partial charge < -0.3 is 0 Å². The van der Waals surface area contributed by atoms with E-state index in [1.54, 1.807) is 11.3 Å². The number of aromatic nitrogens is 2. The zero-order valence-electron chi connectivity index (χ0n) is 9.23. The van der Waals surface area contributed by atoms with Crippen molar-refractivity contribution in [2.45, 2.75) is 26.3 Å². The fraction of sp³-hybridized carbons (Fsp3) is 0.400. The smallest absolute Gasteiger partial charge is 0.0932 e. The molecule has 0 aliphatic heterocycles. The molecule has 16 heavy (non-hydrogen) atoms. The number of hydrogen-bond donors (Lipinski definition) is 2. The van der Waals surface area contributed by atoms with Crippen LogP contribution in [0, 0.1) is 6.92 Å². The lowest BCUT2D eigenvalue weighted by Gasteiger charge is -2.14. The van der Waals surface area contributed by atoms with Crippen LogP contribution < -0.4 is 11.3 Å². The van der Waals surface area contributed by atoms with Crippen molar-refractivity contribution < 1.29 is 0 Å². The summed E-state index contributed by atoms with van der Waals surface area (Å²) in [5.41, 5.74) is 5.14. The second-order valence-corrected chi connectivity index (χ2v) is 5.24. The maximum absolute atomic E-state index is 5.66. The van der Waals surface area contributed by atoms with Crippen LogP contribution in [0.5, 0.6) is 0 Å². The molecule has 1 atom stereocenters. The molecule has 0 amide bonds. The highest BCUT2D eigenvalue weighted by atomic mass is 32.1. The van der Waals surface area contributed by atoms with Crippen molar-refractivity contribution in [2.75, 3.05) is 0 Å². The third-order valence-electron chi connectivity index (χ3n) is 2.51. The minimum Gasteiger partial charge on any atom is -0.271 e. The SMILES string of the molecule is CCc1nnsc1C(NN)c1sccc1C. The molecule has 2 heterocycles. The first kappa shape index (κ1) is 11.7. The van der Waals surface area contributed by atoms with Gasteiger partial charge in [-0.25, -0.2) is 5.43 Å². The molecule has 2 rings (SSSR count). The summed E-state index contributed by atoms with van der Waals surface area (Å²) in [5.74, 6) is 5.66. The van der Waals surface area contributed by atoms with E-state index in [-0.39, 0.29) is 6.04 Å². The number of nitrogens with two attached hydrogens (primary N) is 1. The van der Waals surface area contributed by atoms with E-state index in [0.717, 1.165) is 17.0 Å². The van der Waals surface area contributed by atoms with Gasteiger partial charge in [-0.1, -0.05) is 11.4 Å². The number of nitrogens with zero attached hydrogens (tertiary/aromatic N) is 2. The first-order valence-electron chi connectivity index (χ1n) is 5.09. The first-order valence-corrected chi connectivity index (χ1v) is 6.74. The number of rotatable bonds is 4. The van der Waals surface area contributed by atoms with Crippen molar-refractivity contribution in [1.29, 1.82) is 0 Å². The van der Waals surface area contributed by atoms with Crippen molar-refractivity contribution in [3.63, 3.8) is 0 Å². The van der Waals surface area contributed by atoms with Crippen molar-refractivity contribution in [2.24, 2.45) is 5.84 Å². The normalized spacial score (nSPS) is 12.9. The monoisotopic (exact) mass is 254 g/mol. The van der Waals surface area contributed by atoms with Crippen LogP contribution in [0.25, 0.3) is 0 Å². The van der Waals surface area contributed by atoms with E-state index in [4.69, 9.17) is 5.84 Å². The summed E-state index contributed by atoms with van der Waals surface area (Å²) >= 11 is 3.13. The average Bonchev–Trinajstić information content (AvgIpc) is 2.90. The Morgan fingerprint density at radius 3 is 2.88 bits per heavy atom. The Kier molecular flexibility index (Phi) is 3.65. The Balaban J connectivity index is 2.40. The highest BCUT2D eigenvalue weighted by Gasteiger charge is 2.21. The number of aryl methyl sites for hydroxylation is 2. The first-order chi connectivity index (χ1) is 7.77. The maximum atomic E-state index is 5.66. The van der Waals surface area contributed by atoms with Crippen molar-refractivity contribution in [3.8, 4) is 0 Å². The largest absolute Gasteiger partial charge is 0.271 e. The number of nitrogens with one attached hydrogen (secondary N) is 1. The molecule has 0 fully saturated rings. The minimum absolute atomic E-state index is 0.0231. The van der Waals surface area contributed by atoms with Gasteiger partial charge in [0.25, 0.3) is 0 Å². The summed E-state index contributed by atoms with van der Waals surface area (Å²) in [6, 6.07) is 2.12. The zero-order chi connectivity index (χ0) is 11.5. The van der Waals surface area contributed by atoms with E-state index in [9.17, 15) is 0 Å². The van der Waals surface area contributed by atoms with Crippen LogP contribution in [0.3, 0.4) is 0 Å². The molecule has 0 bridgehead atoms. The van der Waals surface area contributed by atoms with Gasteiger partial charge in [0.15, 0.2) is 0 Å². The van der Waals surface area contributed by atoms with Crippen molar-refractivity contribution in [3.05, 3.63) is 32.5 Å². The van der Waals surface area contributed by atoms with Crippen LogP contribution in [-0.4, -0.2) is 9.59 Å². The Labute approximate surface area is 103 Å². The third kappa shape index (κ3) is 2.01. The molecule has 0 saturated heterocycles. The van der Waals surface area contributed by atoms with E-state index in [1.807, 2.05) is 0 Å². The Morgan fingerprint density at radius 1 is 1.50 bits per heavy atom. The van der Waals surface area contributed by atoms with E-state index >= 15 is 0 Å². The molecule has 0 saturated carbocycles. The third-order valence-corrected chi connectivity index (χ3v) is 4.43. The second kappa shape index (κ2) is 5.01. The lowest BCUT2D eigenvalue weighted by Crippen LogP contribution is -2.28. The molecular formula is C10H14N4S2. The molecule has 6 heteroatoms. The standard InChI is InChI=1S/C10H14N4S2/c1-3-7-10(16-14-13-7)8(12-11)9-6(2)4-5-15-9/h4-5,8,12H,3,11H2,1-2H3. The Morgan fingerprint density at radius 2 is 2.31 bits per heavy atom. The van der Waals surface area contributed by atoms with E-state index in [1.165, 1.54) is 22.0 Å². The lowest BCUT2D eigenvalue weighted by molar-refractivity contribution is 0.646. The number of thiophene rings is 1. The van der Waals surface area contributed by atoms with Crippen LogP contribution in [0.15, 0.2) is 11.4 Å². The van der Waals surface area contributed by atoms with Gasteiger partial charge in [-0.2, -0.15) is 0 Å². The van der Waals surface area contributed by atoms with Crippen LogP contribution in [0.4, 0.5) is 0 Å². The molecule has 2 aromatic heterocycles. The average molecular weight is 254 g/mol. The molecule has 86 valence electrons. The van der Waals surface area contributed by atoms with Crippen LogP contribution in [0.1, 0.15) is 34.0 Å². The zero-order valence-corrected chi connectivity index (χ0v) is 10.9. The van der Waals surface area contributed by atoms with E-state index in [2.05, 4.69) is 40.3 Å². The van der Waals surface area contributed by atoms with Crippen LogP contribution in [0.2, 0.25) is 0 Å². The molecular weight excluding hydrogens is 240 g/mol. The summed E-state index contributed by atoms with van der Waals surface area (Å²) < 4.78 is 4.00. The van der Waals surface area contributed by atoms with Crippen LogP contribution in [-0.2, 0) is 6.42 Å². The molecule has 4 nitrogen and oxygen atoms in total. The summed E-state index contributed by atoms with van der Waals surface area (Å²) in [6.45, 7) is 4.17. The number of hydrazine groups is 1. The fourth-order valence-electron chi connectivity index (χ4n) is 1.63. The molecule has 2 aromatic rings. The van der Waals surface area contributed by atoms with Gasteiger partial charge in [-0.05, 0) is 41.9 Å². The predicted octanol–water partition coefficient (Wildman–Crippen LogP) is 2.02. The van der Waals surface area contributed by atoms with Gasteiger partial charge in [0, 0.05) is 4.88 Å². The summed E-state index contributed by atoms with van der Waals surface area (Å²) in [4.78, 5) is 2.36. The quantitative estimate of drug-likeness (QED) is 0.647. The van der Waals surface area contributed by atoms with Gasteiger partial charge in [-0.3, -0.25) is 5.84 Å². The van der Waals surface area contributed by atoms with Gasteiger partial charge in [0.05, 0.1) is 16.6 Å². The molecule has 0 aromatic carbocycles. The number of hydrogen-bond acceptors (Lipinski definition) is 6. The van der Waals surface area contributed by atoms with E-state index < -0.39 is 0 Å². The Bertz CT molecular complexity index is 463. The van der Waals surface area contributed by atoms with Gasteiger partial charge >= 0.3 is 0 Å². The summed E-state index contributed by atoms with van der Waals surface area (Å²) in [7, 11) is 0. The van der Waals surface area contributed by atoms with Gasteiger partial charge in [-0.15, -0.1) is 16.4 Å². The molecule has 0 spiro atoms.